The fourth-order valence-electron chi connectivity index (χ4n) is 3.86. The van der Waals surface area contributed by atoms with E-state index in [1.54, 1.807) is 14.2 Å². The number of hydrogen-bond donors (Lipinski definition) is 2. The van der Waals surface area contributed by atoms with Crippen LogP contribution >= 0.6 is 0 Å². The van der Waals surface area contributed by atoms with Crippen molar-refractivity contribution in [1.29, 1.82) is 0 Å². The Morgan fingerprint density at radius 1 is 0.774 bits per heavy atom. The normalized spacial score (nSPS) is 11.0. The van der Waals surface area contributed by atoms with Crippen LogP contribution in [0.15, 0.2) is 66.9 Å². The van der Waals surface area contributed by atoms with Gasteiger partial charge in [-0.25, -0.2) is 0 Å². The minimum atomic E-state index is -0.133. The number of aliphatic hydroxyl groups excluding tert-OH is 2. The van der Waals surface area contributed by atoms with Crippen molar-refractivity contribution in [1.82, 2.24) is 4.98 Å². The Morgan fingerprint density at radius 2 is 1.45 bits per heavy atom. The largest absolute Gasteiger partial charge is 0.493 e. The van der Waals surface area contributed by atoms with E-state index >= 15 is 0 Å². The summed E-state index contributed by atoms with van der Waals surface area (Å²) in [6.45, 7) is -0.266. The highest BCUT2D eigenvalue weighted by Crippen LogP contribution is 2.37. The van der Waals surface area contributed by atoms with Crippen LogP contribution in [0.5, 0.6) is 11.5 Å². The summed E-state index contributed by atoms with van der Waals surface area (Å²) < 4.78 is 11.1. The predicted octanol–water partition coefficient (Wildman–Crippen LogP) is 4.49. The summed E-state index contributed by atoms with van der Waals surface area (Å²) in [4.78, 5) is 4.62. The number of pyridine rings is 1. The van der Waals surface area contributed by atoms with E-state index in [0.717, 1.165) is 34.0 Å². The lowest BCUT2D eigenvalue weighted by molar-refractivity contribution is 0.260. The SMILES string of the molecule is COc1cc(Cc2ccccc2)c(-c2cnc3cc(CO)c(CO)cc3c2)cc1OC. The molecule has 0 atom stereocenters. The molecule has 31 heavy (non-hydrogen) atoms. The van der Waals surface area contributed by atoms with Crippen LogP contribution in [0.3, 0.4) is 0 Å². The zero-order valence-corrected chi connectivity index (χ0v) is 17.6. The van der Waals surface area contributed by atoms with Crippen molar-refractivity contribution in [3.05, 3.63) is 89.1 Å². The summed E-state index contributed by atoms with van der Waals surface area (Å²) in [6.07, 6.45) is 2.57. The van der Waals surface area contributed by atoms with Crippen molar-refractivity contribution in [3.8, 4) is 22.6 Å². The highest BCUT2D eigenvalue weighted by Gasteiger charge is 2.15. The molecule has 1 aromatic heterocycles. The second-order valence-electron chi connectivity index (χ2n) is 7.38. The summed E-state index contributed by atoms with van der Waals surface area (Å²) in [5.41, 5.74) is 6.40. The maximum Gasteiger partial charge on any atom is 0.161 e. The number of nitrogens with zero attached hydrogens (tertiary/aromatic N) is 1. The van der Waals surface area contributed by atoms with Gasteiger partial charge in [0.15, 0.2) is 11.5 Å². The van der Waals surface area contributed by atoms with Gasteiger partial charge in [0.05, 0.1) is 33.0 Å². The molecule has 0 aliphatic rings. The molecule has 3 aromatic carbocycles. The van der Waals surface area contributed by atoms with E-state index in [2.05, 4.69) is 23.2 Å². The number of aromatic nitrogens is 1. The molecule has 4 aromatic rings. The van der Waals surface area contributed by atoms with Gasteiger partial charge >= 0.3 is 0 Å². The number of fused-ring (bicyclic) bond motifs is 1. The Morgan fingerprint density at radius 3 is 2.13 bits per heavy atom. The average molecular weight is 415 g/mol. The van der Waals surface area contributed by atoms with E-state index in [9.17, 15) is 10.2 Å². The molecular weight excluding hydrogens is 390 g/mol. The fourth-order valence-corrected chi connectivity index (χ4v) is 3.86. The summed E-state index contributed by atoms with van der Waals surface area (Å²) in [6, 6.07) is 20.0. The second-order valence-corrected chi connectivity index (χ2v) is 7.38. The molecule has 5 heteroatoms. The Balaban J connectivity index is 1.87. The first-order chi connectivity index (χ1) is 15.2. The molecule has 1 heterocycles. The number of ether oxygens (including phenoxy) is 2. The van der Waals surface area contributed by atoms with Crippen molar-refractivity contribution in [3.63, 3.8) is 0 Å². The average Bonchev–Trinajstić information content (AvgIpc) is 2.83. The van der Waals surface area contributed by atoms with Gasteiger partial charge in [0.1, 0.15) is 0 Å². The molecule has 0 saturated carbocycles. The summed E-state index contributed by atoms with van der Waals surface area (Å²) in [7, 11) is 3.26. The van der Waals surface area contributed by atoms with E-state index in [1.165, 1.54) is 5.56 Å². The first-order valence-corrected chi connectivity index (χ1v) is 10.1. The van der Waals surface area contributed by atoms with Crippen LogP contribution in [0.2, 0.25) is 0 Å². The lowest BCUT2D eigenvalue weighted by Crippen LogP contribution is -1.99. The van der Waals surface area contributed by atoms with E-state index in [0.29, 0.717) is 22.6 Å². The van der Waals surface area contributed by atoms with Crippen LogP contribution in [-0.4, -0.2) is 29.4 Å². The highest BCUT2D eigenvalue weighted by molar-refractivity contribution is 5.86. The van der Waals surface area contributed by atoms with E-state index in [-0.39, 0.29) is 13.2 Å². The molecule has 0 radical (unpaired) electrons. The molecule has 0 spiro atoms. The molecule has 0 fully saturated rings. The molecule has 0 unspecified atom stereocenters. The van der Waals surface area contributed by atoms with Crippen molar-refractivity contribution in [2.24, 2.45) is 0 Å². The third-order valence-electron chi connectivity index (χ3n) is 5.50. The van der Waals surface area contributed by atoms with Gasteiger partial charge in [0, 0.05) is 17.1 Å². The third kappa shape index (κ3) is 4.24. The molecule has 0 aliphatic heterocycles. The van der Waals surface area contributed by atoms with Crippen LogP contribution in [0.4, 0.5) is 0 Å². The van der Waals surface area contributed by atoms with E-state index in [1.807, 2.05) is 48.7 Å². The molecule has 0 bridgehead atoms. The fraction of sp³-hybridized carbons (Fsp3) is 0.192. The third-order valence-corrected chi connectivity index (χ3v) is 5.50. The zero-order chi connectivity index (χ0) is 21.8. The first-order valence-electron chi connectivity index (χ1n) is 10.1. The van der Waals surface area contributed by atoms with Crippen LogP contribution in [0, 0.1) is 0 Å². The van der Waals surface area contributed by atoms with Gasteiger partial charge in [-0.1, -0.05) is 30.3 Å². The topological polar surface area (TPSA) is 71.8 Å². The maximum atomic E-state index is 9.67. The summed E-state index contributed by atoms with van der Waals surface area (Å²) >= 11 is 0. The smallest absolute Gasteiger partial charge is 0.161 e. The standard InChI is InChI=1S/C26H25NO4/c1-30-25-12-18(8-17-6-4-3-5-7-17)23(13-26(25)31-2)20-9-19-10-21(15-28)22(16-29)11-24(19)27-14-20/h3-7,9-14,28-29H,8,15-16H2,1-2H3. The number of benzene rings is 3. The minimum Gasteiger partial charge on any atom is -0.493 e. The second kappa shape index (κ2) is 9.16. The van der Waals surface area contributed by atoms with Gasteiger partial charge in [-0.05, 0) is 64.6 Å². The van der Waals surface area contributed by atoms with Gasteiger partial charge in [0.2, 0.25) is 0 Å². The Labute approximate surface area is 181 Å². The highest BCUT2D eigenvalue weighted by atomic mass is 16.5. The van der Waals surface area contributed by atoms with Crippen molar-refractivity contribution >= 4 is 10.9 Å². The summed E-state index contributed by atoms with van der Waals surface area (Å²) in [5, 5.41) is 20.1. The van der Waals surface area contributed by atoms with Crippen molar-refractivity contribution in [2.45, 2.75) is 19.6 Å². The molecule has 0 aliphatic carbocycles. The zero-order valence-electron chi connectivity index (χ0n) is 17.6. The van der Waals surface area contributed by atoms with Crippen LogP contribution in [0.25, 0.3) is 22.0 Å². The lowest BCUT2D eigenvalue weighted by Gasteiger charge is -2.16. The molecule has 2 N–H and O–H groups in total. The number of aliphatic hydroxyl groups is 2. The predicted molar refractivity (Wildman–Crippen MR) is 121 cm³/mol. The van der Waals surface area contributed by atoms with Gasteiger partial charge in [-0.3, -0.25) is 4.98 Å². The monoisotopic (exact) mass is 415 g/mol. The van der Waals surface area contributed by atoms with Crippen LogP contribution in [-0.2, 0) is 19.6 Å². The Hall–Kier alpha value is -3.41. The maximum absolute atomic E-state index is 9.67. The van der Waals surface area contributed by atoms with Crippen molar-refractivity contribution in [2.75, 3.05) is 14.2 Å². The van der Waals surface area contributed by atoms with Crippen LogP contribution < -0.4 is 9.47 Å². The minimum absolute atomic E-state index is 0.133. The van der Waals surface area contributed by atoms with Gasteiger partial charge in [0.25, 0.3) is 0 Å². The molecule has 158 valence electrons. The number of rotatable bonds is 7. The number of methoxy groups -OCH3 is 2. The van der Waals surface area contributed by atoms with E-state index in [4.69, 9.17) is 9.47 Å². The van der Waals surface area contributed by atoms with Gasteiger partial charge in [-0.15, -0.1) is 0 Å². The number of hydrogen-bond acceptors (Lipinski definition) is 5. The Bertz CT molecular complexity index is 1210. The van der Waals surface area contributed by atoms with Gasteiger partial charge in [-0.2, -0.15) is 0 Å². The molecule has 5 nitrogen and oxygen atoms in total. The first kappa shape index (κ1) is 20.8. The quantitative estimate of drug-likeness (QED) is 0.465. The van der Waals surface area contributed by atoms with Gasteiger partial charge < -0.3 is 19.7 Å². The molecular formula is C26H25NO4. The Kier molecular flexibility index (Phi) is 6.16. The lowest BCUT2D eigenvalue weighted by atomic mass is 9.94. The molecule has 0 saturated heterocycles. The molecule has 0 amide bonds. The van der Waals surface area contributed by atoms with Crippen molar-refractivity contribution < 1.29 is 19.7 Å². The molecule has 4 rings (SSSR count). The van der Waals surface area contributed by atoms with E-state index < -0.39 is 0 Å². The summed E-state index contributed by atoms with van der Waals surface area (Å²) in [5.74, 6) is 1.34. The van der Waals surface area contributed by atoms with Crippen LogP contribution in [0.1, 0.15) is 22.3 Å².